The minimum Gasteiger partial charge on any atom is -0.457 e. The number of aromatic nitrogens is 2. The second kappa shape index (κ2) is 9.00. The molecule has 0 saturated carbocycles. The summed E-state index contributed by atoms with van der Waals surface area (Å²) in [5, 5.41) is 9.95. The summed E-state index contributed by atoms with van der Waals surface area (Å²) in [4.78, 5) is 25.5. The van der Waals surface area contributed by atoms with Gasteiger partial charge in [0.15, 0.2) is 0 Å². The van der Waals surface area contributed by atoms with Crippen LogP contribution in [0.5, 0.6) is 11.5 Å². The molecule has 0 saturated heterocycles. The maximum atomic E-state index is 13.3. The largest absolute Gasteiger partial charge is 0.457 e. The molecule has 7 heteroatoms. The minimum atomic E-state index is -0.455. The molecule has 2 N–H and O–H groups in total. The summed E-state index contributed by atoms with van der Waals surface area (Å²) in [7, 11) is 0. The van der Waals surface area contributed by atoms with Gasteiger partial charge < -0.3 is 15.4 Å². The van der Waals surface area contributed by atoms with Crippen molar-refractivity contribution in [2.45, 2.75) is 19.0 Å². The molecular formula is C26H22N4O3. The van der Waals surface area contributed by atoms with Crippen LogP contribution in [0.25, 0.3) is 0 Å². The predicted molar refractivity (Wildman–Crippen MR) is 124 cm³/mol. The molecular weight excluding hydrogens is 416 g/mol. The van der Waals surface area contributed by atoms with Crippen molar-refractivity contribution in [1.29, 1.82) is 0 Å². The van der Waals surface area contributed by atoms with Gasteiger partial charge >= 0.3 is 0 Å². The third kappa shape index (κ3) is 4.48. The van der Waals surface area contributed by atoms with E-state index >= 15 is 0 Å². The van der Waals surface area contributed by atoms with Crippen LogP contribution in [0.4, 0.5) is 5.69 Å². The molecule has 0 fully saturated rings. The molecule has 2 heterocycles. The highest BCUT2D eigenvalue weighted by molar-refractivity contribution is 5.91. The molecule has 0 radical (unpaired) electrons. The quantitative estimate of drug-likeness (QED) is 0.475. The first kappa shape index (κ1) is 20.5. The van der Waals surface area contributed by atoms with E-state index in [-0.39, 0.29) is 18.4 Å². The van der Waals surface area contributed by atoms with Gasteiger partial charge in [0.25, 0.3) is 0 Å². The Morgan fingerprint density at radius 3 is 2.33 bits per heavy atom. The van der Waals surface area contributed by atoms with Gasteiger partial charge in [0.1, 0.15) is 18.0 Å². The summed E-state index contributed by atoms with van der Waals surface area (Å²) in [6.07, 6.45) is 3.37. The van der Waals surface area contributed by atoms with E-state index in [1.54, 1.807) is 23.1 Å². The number of nitrogens with one attached hydrogen (secondary N) is 2. The van der Waals surface area contributed by atoms with Crippen molar-refractivity contribution < 1.29 is 14.3 Å². The Balaban J connectivity index is 1.28. The number of para-hydroxylation sites is 2. The van der Waals surface area contributed by atoms with E-state index in [9.17, 15) is 9.59 Å². The van der Waals surface area contributed by atoms with Gasteiger partial charge in [0.05, 0.1) is 5.92 Å². The van der Waals surface area contributed by atoms with Crippen LogP contribution in [0.15, 0.2) is 91.3 Å². The van der Waals surface area contributed by atoms with Gasteiger partial charge in [-0.25, -0.2) is 0 Å². The van der Waals surface area contributed by atoms with Gasteiger partial charge in [-0.1, -0.05) is 48.5 Å². The Kier molecular flexibility index (Phi) is 5.59. The maximum Gasteiger partial charge on any atom is 0.246 e. The molecule has 0 atom stereocenters. The Morgan fingerprint density at radius 2 is 1.64 bits per heavy atom. The number of hydrogen-bond acceptors (Lipinski definition) is 4. The monoisotopic (exact) mass is 438 g/mol. The Morgan fingerprint density at radius 1 is 0.909 bits per heavy atom. The number of benzene rings is 3. The lowest BCUT2D eigenvalue weighted by atomic mass is 9.87. The van der Waals surface area contributed by atoms with E-state index in [0.29, 0.717) is 23.7 Å². The molecule has 0 unspecified atom stereocenters. The first-order valence-electron chi connectivity index (χ1n) is 10.7. The molecule has 2 amide bonds. The number of fused-ring (bicyclic) bond motifs is 2. The van der Waals surface area contributed by atoms with E-state index in [0.717, 1.165) is 16.7 Å². The standard InChI is InChI=1S/C26H22N4O3/c31-24(17-30-14-6-13-28-30)29-19-8-5-7-18(15-19)16-27-26(32)25-20-9-1-3-11-22(20)33-23-12-4-2-10-21(23)25/h1-15,25H,16-17H2,(H,27,32)(H,29,31). The second-order valence-corrected chi connectivity index (χ2v) is 7.78. The molecule has 1 aliphatic heterocycles. The number of carbonyl (C=O) groups excluding carboxylic acids is 2. The van der Waals surface area contributed by atoms with Crippen molar-refractivity contribution in [3.05, 3.63) is 108 Å². The Labute approximate surface area is 191 Å². The van der Waals surface area contributed by atoms with Crippen molar-refractivity contribution in [3.8, 4) is 11.5 Å². The molecule has 164 valence electrons. The minimum absolute atomic E-state index is 0.105. The summed E-state index contributed by atoms with van der Waals surface area (Å²) in [6, 6.07) is 24.4. The van der Waals surface area contributed by atoms with E-state index in [1.807, 2.05) is 72.8 Å². The molecule has 1 aliphatic rings. The van der Waals surface area contributed by atoms with E-state index in [4.69, 9.17) is 4.74 Å². The smallest absolute Gasteiger partial charge is 0.246 e. The molecule has 1 aromatic heterocycles. The second-order valence-electron chi connectivity index (χ2n) is 7.78. The number of nitrogens with zero attached hydrogens (tertiary/aromatic N) is 2. The zero-order chi connectivity index (χ0) is 22.6. The molecule has 33 heavy (non-hydrogen) atoms. The number of carbonyl (C=O) groups is 2. The van der Waals surface area contributed by atoms with E-state index in [1.165, 1.54) is 0 Å². The molecule has 0 spiro atoms. The molecule has 7 nitrogen and oxygen atoms in total. The van der Waals surface area contributed by atoms with Gasteiger partial charge in [0.2, 0.25) is 11.8 Å². The third-order valence-corrected chi connectivity index (χ3v) is 5.48. The first-order chi connectivity index (χ1) is 16.2. The topological polar surface area (TPSA) is 85.3 Å². The molecule has 0 bridgehead atoms. The van der Waals surface area contributed by atoms with Gasteiger partial charge in [-0.3, -0.25) is 14.3 Å². The van der Waals surface area contributed by atoms with Crippen molar-refractivity contribution in [2.75, 3.05) is 5.32 Å². The predicted octanol–water partition coefficient (Wildman–Crippen LogP) is 4.08. The van der Waals surface area contributed by atoms with Crippen LogP contribution in [-0.4, -0.2) is 21.6 Å². The van der Waals surface area contributed by atoms with E-state index in [2.05, 4.69) is 15.7 Å². The lowest BCUT2D eigenvalue weighted by Crippen LogP contribution is -2.31. The highest BCUT2D eigenvalue weighted by atomic mass is 16.5. The number of hydrogen-bond donors (Lipinski definition) is 2. The van der Waals surface area contributed by atoms with Crippen LogP contribution in [0.3, 0.4) is 0 Å². The number of ether oxygens (including phenoxy) is 1. The van der Waals surface area contributed by atoms with Gasteiger partial charge in [-0.15, -0.1) is 0 Å². The van der Waals surface area contributed by atoms with Crippen molar-refractivity contribution >= 4 is 17.5 Å². The van der Waals surface area contributed by atoms with Crippen LogP contribution in [0, 0.1) is 0 Å². The van der Waals surface area contributed by atoms with Crippen LogP contribution >= 0.6 is 0 Å². The summed E-state index contributed by atoms with van der Waals surface area (Å²) in [5.74, 6) is 0.654. The Hall–Kier alpha value is -4.39. The highest BCUT2D eigenvalue weighted by Crippen LogP contribution is 2.43. The first-order valence-corrected chi connectivity index (χ1v) is 10.7. The lowest BCUT2D eigenvalue weighted by Gasteiger charge is -2.27. The molecule has 0 aliphatic carbocycles. The number of rotatable bonds is 6. The zero-order valence-electron chi connectivity index (χ0n) is 17.8. The lowest BCUT2D eigenvalue weighted by molar-refractivity contribution is -0.122. The van der Waals surface area contributed by atoms with Crippen LogP contribution < -0.4 is 15.4 Å². The molecule has 4 aromatic rings. The van der Waals surface area contributed by atoms with E-state index < -0.39 is 5.92 Å². The fourth-order valence-electron chi connectivity index (χ4n) is 3.98. The van der Waals surface area contributed by atoms with Crippen molar-refractivity contribution in [2.24, 2.45) is 0 Å². The van der Waals surface area contributed by atoms with Gasteiger partial charge in [-0.2, -0.15) is 5.10 Å². The summed E-state index contributed by atoms with van der Waals surface area (Å²) in [5.41, 5.74) is 3.23. The number of amides is 2. The summed E-state index contributed by atoms with van der Waals surface area (Å²) in [6.45, 7) is 0.472. The fraction of sp³-hybridized carbons (Fsp3) is 0.115. The maximum absolute atomic E-state index is 13.3. The van der Waals surface area contributed by atoms with Crippen LogP contribution in [0.2, 0.25) is 0 Å². The molecule has 5 rings (SSSR count). The Bertz CT molecular complexity index is 1250. The van der Waals surface area contributed by atoms with Gasteiger partial charge in [-0.05, 0) is 35.9 Å². The SMILES string of the molecule is O=C(Cn1cccn1)Nc1cccc(CNC(=O)C2c3ccccc3Oc3ccccc32)c1. The average Bonchev–Trinajstić information content (AvgIpc) is 3.34. The highest BCUT2D eigenvalue weighted by Gasteiger charge is 2.32. The summed E-state index contributed by atoms with van der Waals surface area (Å²) < 4.78 is 7.54. The van der Waals surface area contributed by atoms with Crippen molar-refractivity contribution in [1.82, 2.24) is 15.1 Å². The van der Waals surface area contributed by atoms with Gasteiger partial charge in [0, 0.05) is 35.8 Å². The third-order valence-electron chi connectivity index (χ3n) is 5.48. The summed E-state index contributed by atoms with van der Waals surface area (Å²) >= 11 is 0. The fourth-order valence-corrected chi connectivity index (χ4v) is 3.98. The normalized spacial score (nSPS) is 12.2. The number of anilines is 1. The zero-order valence-corrected chi connectivity index (χ0v) is 17.8. The van der Waals surface area contributed by atoms with Crippen LogP contribution in [-0.2, 0) is 22.7 Å². The van der Waals surface area contributed by atoms with Crippen molar-refractivity contribution in [3.63, 3.8) is 0 Å². The molecule has 3 aromatic carbocycles. The average molecular weight is 438 g/mol. The van der Waals surface area contributed by atoms with Crippen LogP contribution in [0.1, 0.15) is 22.6 Å².